The van der Waals surface area contributed by atoms with Crippen LogP contribution in [0.4, 0.5) is 0 Å². The number of benzene rings is 1. The number of aryl methyl sites for hydroxylation is 1. The smallest absolute Gasteiger partial charge is 0.338 e. The predicted octanol–water partition coefficient (Wildman–Crippen LogP) is 2.39. The molecule has 1 aromatic rings. The van der Waals surface area contributed by atoms with Gasteiger partial charge in [-0.15, -0.1) is 0 Å². The van der Waals surface area contributed by atoms with Gasteiger partial charge >= 0.3 is 5.97 Å². The second-order valence-corrected chi connectivity index (χ2v) is 5.05. The maximum atomic E-state index is 11.8. The zero-order chi connectivity index (χ0) is 13.7. The fraction of sp³-hybridized carbons (Fsp3) is 0.385. The van der Waals surface area contributed by atoms with Gasteiger partial charge < -0.3 is 9.64 Å². The molecule has 0 aliphatic heterocycles. The minimum Gasteiger partial charge on any atom is -0.462 e. The van der Waals surface area contributed by atoms with E-state index in [1.54, 1.807) is 20.2 Å². The molecule has 0 saturated heterocycles. The zero-order valence-electron chi connectivity index (χ0n) is 10.7. The molecule has 0 aliphatic rings. The number of rotatable bonds is 4. The fourth-order valence-corrected chi connectivity index (χ4v) is 1.71. The Hall–Kier alpha value is -1.36. The number of carbonyl (C=O) groups is 2. The number of hydrogen-bond donors (Lipinski definition) is 0. The highest BCUT2D eigenvalue weighted by molar-refractivity contribution is 9.10. The Morgan fingerprint density at radius 3 is 2.61 bits per heavy atom. The Balaban J connectivity index is 2.56. The standard InChI is InChI=1S/C13H16BrNO3/c1-9-4-5-10(14)8-11(9)13(17)18-7-6-12(16)15(2)3/h4-5,8H,6-7H2,1-3H3. The molecule has 1 amide bonds. The molecule has 18 heavy (non-hydrogen) atoms. The first-order valence-corrected chi connectivity index (χ1v) is 6.34. The molecule has 1 rings (SSSR count). The molecule has 0 aromatic heterocycles. The molecule has 4 nitrogen and oxygen atoms in total. The van der Waals surface area contributed by atoms with Crippen molar-refractivity contribution in [3.63, 3.8) is 0 Å². The maximum Gasteiger partial charge on any atom is 0.338 e. The number of ether oxygens (including phenoxy) is 1. The van der Waals surface area contributed by atoms with Gasteiger partial charge in [-0.05, 0) is 24.6 Å². The fourth-order valence-electron chi connectivity index (χ4n) is 1.35. The average molecular weight is 314 g/mol. The third-order valence-electron chi connectivity index (χ3n) is 2.47. The molecule has 0 spiro atoms. The number of hydrogen-bond acceptors (Lipinski definition) is 3. The van der Waals surface area contributed by atoms with Crippen LogP contribution in [-0.4, -0.2) is 37.5 Å². The van der Waals surface area contributed by atoms with Gasteiger partial charge in [0.1, 0.15) is 6.61 Å². The molecule has 0 heterocycles. The number of esters is 1. The van der Waals surface area contributed by atoms with Gasteiger partial charge in [-0.1, -0.05) is 22.0 Å². The Morgan fingerprint density at radius 2 is 2.00 bits per heavy atom. The Morgan fingerprint density at radius 1 is 1.33 bits per heavy atom. The Kier molecular flexibility index (Phi) is 5.34. The van der Waals surface area contributed by atoms with Crippen molar-refractivity contribution in [3.8, 4) is 0 Å². The number of carbonyl (C=O) groups excluding carboxylic acids is 2. The summed E-state index contributed by atoms with van der Waals surface area (Å²) in [5.41, 5.74) is 1.36. The van der Waals surface area contributed by atoms with Crippen LogP contribution in [0.3, 0.4) is 0 Å². The van der Waals surface area contributed by atoms with Crippen molar-refractivity contribution in [2.75, 3.05) is 20.7 Å². The number of nitrogens with zero attached hydrogens (tertiary/aromatic N) is 1. The summed E-state index contributed by atoms with van der Waals surface area (Å²) in [6.45, 7) is 1.94. The second-order valence-electron chi connectivity index (χ2n) is 4.13. The van der Waals surface area contributed by atoms with Gasteiger partial charge in [0.15, 0.2) is 0 Å². The number of halogens is 1. The summed E-state index contributed by atoms with van der Waals surface area (Å²) in [7, 11) is 3.34. The van der Waals surface area contributed by atoms with Crippen LogP contribution in [0.5, 0.6) is 0 Å². The monoisotopic (exact) mass is 313 g/mol. The SMILES string of the molecule is Cc1ccc(Br)cc1C(=O)OCCC(=O)N(C)C. The van der Waals surface area contributed by atoms with E-state index in [2.05, 4.69) is 15.9 Å². The molecule has 0 N–H and O–H groups in total. The highest BCUT2D eigenvalue weighted by Gasteiger charge is 2.12. The number of amides is 1. The van der Waals surface area contributed by atoms with Crippen molar-refractivity contribution >= 4 is 27.8 Å². The molecule has 0 aliphatic carbocycles. The van der Waals surface area contributed by atoms with Gasteiger partial charge in [0.2, 0.25) is 5.91 Å². The molecule has 0 bridgehead atoms. The first-order chi connectivity index (χ1) is 8.41. The minimum atomic E-state index is -0.402. The molecule has 0 radical (unpaired) electrons. The van der Waals surface area contributed by atoms with Gasteiger partial charge in [-0.3, -0.25) is 4.79 Å². The van der Waals surface area contributed by atoms with E-state index in [0.29, 0.717) is 5.56 Å². The molecule has 0 unspecified atom stereocenters. The summed E-state index contributed by atoms with van der Waals surface area (Å²) >= 11 is 3.31. The first kappa shape index (κ1) is 14.7. The molecule has 5 heteroatoms. The maximum absolute atomic E-state index is 11.8. The van der Waals surface area contributed by atoms with Gasteiger partial charge in [0.25, 0.3) is 0 Å². The van der Waals surface area contributed by atoms with Gasteiger partial charge in [-0.2, -0.15) is 0 Å². The van der Waals surface area contributed by atoms with Crippen LogP contribution in [-0.2, 0) is 9.53 Å². The molecule has 98 valence electrons. The summed E-state index contributed by atoms with van der Waals surface area (Å²) in [4.78, 5) is 24.6. The van der Waals surface area contributed by atoms with Crippen molar-refractivity contribution in [1.82, 2.24) is 4.90 Å². The van der Waals surface area contributed by atoms with E-state index in [4.69, 9.17) is 4.74 Å². The lowest BCUT2D eigenvalue weighted by Gasteiger charge is -2.11. The molecular weight excluding hydrogens is 298 g/mol. The molecule has 1 aromatic carbocycles. The lowest BCUT2D eigenvalue weighted by molar-refractivity contribution is -0.129. The minimum absolute atomic E-state index is 0.0613. The van der Waals surface area contributed by atoms with E-state index in [-0.39, 0.29) is 18.9 Å². The third-order valence-corrected chi connectivity index (χ3v) is 2.96. The largest absolute Gasteiger partial charge is 0.462 e. The van der Waals surface area contributed by atoms with Crippen molar-refractivity contribution in [2.24, 2.45) is 0 Å². The van der Waals surface area contributed by atoms with Crippen LogP contribution >= 0.6 is 15.9 Å². The van der Waals surface area contributed by atoms with Crippen LogP contribution in [0.15, 0.2) is 22.7 Å². The third kappa shape index (κ3) is 4.14. The Bertz CT molecular complexity index is 458. The normalized spacial score (nSPS) is 10.0. The van der Waals surface area contributed by atoms with Crippen LogP contribution in [0.25, 0.3) is 0 Å². The van der Waals surface area contributed by atoms with Crippen LogP contribution in [0, 0.1) is 6.92 Å². The van der Waals surface area contributed by atoms with Crippen LogP contribution in [0.1, 0.15) is 22.3 Å². The van der Waals surface area contributed by atoms with E-state index in [0.717, 1.165) is 10.0 Å². The molecule has 0 atom stereocenters. The molecular formula is C13H16BrNO3. The summed E-state index contributed by atoms with van der Waals surface area (Å²) in [6.07, 6.45) is 0.200. The van der Waals surface area contributed by atoms with Gasteiger partial charge in [0.05, 0.1) is 12.0 Å². The van der Waals surface area contributed by atoms with E-state index >= 15 is 0 Å². The topological polar surface area (TPSA) is 46.6 Å². The van der Waals surface area contributed by atoms with Gasteiger partial charge in [0, 0.05) is 18.6 Å². The summed E-state index contributed by atoms with van der Waals surface area (Å²) in [5, 5.41) is 0. The summed E-state index contributed by atoms with van der Waals surface area (Å²) < 4.78 is 5.90. The quantitative estimate of drug-likeness (QED) is 0.802. The van der Waals surface area contributed by atoms with Crippen molar-refractivity contribution in [2.45, 2.75) is 13.3 Å². The molecule has 0 fully saturated rings. The highest BCUT2D eigenvalue weighted by atomic mass is 79.9. The van der Waals surface area contributed by atoms with E-state index in [1.165, 1.54) is 4.90 Å². The van der Waals surface area contributed by atoms with Crippen LogP contribution in [0.2, 0.25) is 0 Å². The zero-order valence-corrected chi connectivity index (χ0v) is 12.3. The highest BCUT2D eigenvalue weighted by Crippen LogP contribution is 2.16. The lowest BCUT2D eigenvalue weighted by Crippen LogP contribution is -2.23. The Labute approximate surface area is 115 Å². The van der Waals surface area contributed by atoms with Crippen LogP contribution < -0.4 is 0 Å². The summed E-state index contributed by atoms with van der Waals surface area (Å²) in [6, 6.07) is 5.42. The predicted molar refractivity (Wildman–Crippen MR) is 72.5 cm³/mol. The van der Waals surface area contributed by atoms with E-state index in [1.807, 2.05) is 19.1 Å². The van der Waals surface area contributed by atoms with Crippen molar-refractivity contribution < 1.29 is 14.3 Å². The average Bonchev–Trinajstić information content (AvgIpc) is 2.31. The van der Waals surface area contributed by atoms with E-state index in [9.17, 15) is 9.59 Å². The molecule has 0 saturated carbocycles. The van der Waals surface area contributed by atoms with E-state index < -0.39 is 5.97 Å². The summed E-state index contributed by atoms with van der Waals surface area (Å²) in [5.74, 6) is -0.464. The first-order valence-electron chi connectivity index (χ1n) is 5.55. The van der Waals surface area contributed by atoms with Crippen molar-refractivity contribution in [1.29, 1.82) is 0 Å². The van der Waals surface area contributed by atoms with Crippen molar-refractivity contribution in [3.05, 3.63) is 33.8 Å². The van der Waals surface area contributed by atoms with Gasteiger partial charge in [-0.25, -0.2) is 4.79 Å². The second kappa shape index (κ2) is 6.54. The lowest BCUT2D eigenvalue weighted by atomic mass is 10.1.